The van der Waals surface area contributed by atoms with Gasteiger partial charge in [0.1, 0.15) is 18.0 Å². The lowest BCUT2D eigenvalue weighted by atomic mass is 10.6. The van der Waals surface area contributed by atoms with Crippen LogP contribution in [0.3, 0.4) is 0 Å². The van der Waals surface area contributed by atoms with Crippen LogP contribution in [-0.2, 0) is 0 Å². The normalized spacial score (nSPS) is 7.54. The second kappa shape index (κ2) is 11.0. The van der Waals surface area contributed by atoms with Crippen molar-refractivity contribution in [2.75, 3.05) is 0 Å². The second-order valence-electron chi connectivity index (χ2n) is 2.29. The molecule has 76 valence electrons. The summed E-state index contributed by atoms with van der Waals surface area (Å²) in [5, 5.41) is 0. The van der Waals surface area contributed by atoms with E-state index in [9.17, 15) is 0 Å². The van der Waals surface area contributed by atoms with Crippen molar-refractivity contribution in [3.8, 4) is 0 Å². The van der Waals surface area contributed by atoms with Crippen LogP contribution in [0.1, 0.15) is 45.8 Å². The van der Waals surface area contributed by atoms with E-state index in [1.165, 1.54) is 12.7 Å². The molecule has 1 aromatic rings. The fourth-order valence-electron chi connectivity index (χ4n) is 0.488. The standard InChI is InChI=1S/C5H7N3.C3H8.C2H6/c1-4-6-3-7-5(2)8-4;1-3-2;1-2/h3H,1-2H3;3H2,1-2H3;1-2H3. The third-order valence-corrected chi connectivity index (χ3v) is 0.813. The number of aromatic nitrogens is 3. The van der Waals surface area contributed by atoms with Gasteiger partial charge in [-0.1, -0.05) is 34.1 Å². The molecule has 0 aliphatic rings. The Morgan fingerprint density at radius 2 is 1.31 bits per heavy atom. The van der Waals surface area contributed by atoms with Crippen LogP contribution in [-0.4, -0.2) is 15.0 Å². The molecule has 0 amide bonds. The van der Waals surface area contributed by atoms with Crippen LogP contribution < -0.4 is 0 Å². The molecule has 0 spiro atoms. The van der Waals surface area contributed by atoms with Crippen molar-refractivity contribution >= 4 is 0 Å². The summed E-state index contributed by atoms with van der Waals surface area (Å²) in [7, 11) is 0. The van der Waals surface area contributed by atoms with Gasteiger partial charge in [0.05, 0.1) is 0 Å². The Morgan fingerprint density at radius 1 is 1.00 bits per heavy atom. The van der Waals surface area contributed by atoms with E-state index in [2.05, 4.69) is 28.8 Å². The highest BCUT2D eigenvalue weighted by molar-refractivity contribution is 4.83. The molecule has 1 heterocycles. The van der Waals surface area contributed by atoms with E-state index >= 15 is 0 Å². The summed E-state index contributed by atoms with van der Waals surface area (Å²) in [6.45, 7) is 11.9. The van der Waals surface area contributed by atoms with Crippen molar-refractivity contribution in [3.63, 3.8) is 0 Å². The Bertz CT molecular complexity index is 182. The Labute approximate surface area is 81.7 Å². The molecule has 0 aromatic carbocycles. The summed E-state index contributed by atoms with van der Waals surface area (Å²) in [5.41, 5.74) is 0. The minimum absolute atomic E-state index is 0.775. The SMILES string of the molecule is CC.CCC.Cc1ncnc(C)n1. The minimum Gasteiger partial charge on any atom is -0.222 e. The van der Waals surface area contributed by atoms with Crippen molar-refractivity contribution in [2.24, 2.45) is 0 Å². The summed E-state index contributed by atoms with van der Waals surface area (Å²) in [5.74, 6) is 1.55. The van der Waals surface area contributed by atoms with Gasteiger partial charge in [-0.3, -0.25) is 0 Å². The van der Waals surface area contributed by atoms with Crippen molar-refractivity contribution in [1.82, 2.24) is 15.0 Å². The second-order valence-corrected chi connectivity index (χ2v) is 2.29. The first-order valence-electron chi connectivity index (χ1n) is 4.83. The summed E-state index contributed by atoms with van der Waals surface area (Å²) in [4.78, 5) is 11.6. The third kappa shape index (κ3) is 11.0. The number of aryl methyl sites for hydroxylation is 2. The first-order valence-corrected chi connectivity index (χ1v) is 4.83. The quantitative estimate of drug-likeness (QED) is 0.620. The number of hydrogen-bond donors (Lipinski definition) is 0. The summed E-state index contributed by atoms with van der Waals surface area (Å²) in [6.07, 6.45) is 2.76. The summed E-state index contributed by atoms with van der Waals surface area (Å²) >= 11 is 0. The van der Waals surface area contributed by atoms with Gasteiger partial charge in [0.15, 0.2) is 0 Å². The van der Waals surface area contributed by atoms with Crippen LogP contribution in [0.5, 0.6) is 0 Å². The fraction of sp³-hybridized carbons (Fsp3) is 0.700. The lowest BCUT2D eigenvalue weighted by Gasteiger charge is -1.88. The molecule has 1 rings (SSSR count). The highest BCUT2D eigenvalue weighted by atomic mass is 15.0. The molecule has 0 radical (unpaired) electrons. The first kappa shape index (κ1) is 14.5. The molecule has 0 bridgehead atoms. The number of hydrogen-bond acceptors (Lipinski definition) is 3. The molecule has 0 N–H and O–H groups in total. The molecule has 0 unspecified atom stereocenters. The van der Waals surface area contributed by atoms with Crippen molar-refractivity contribution < 1.29 is 0 Å². The van der Waals surface area contributed by atoms with Gasteiger partial charge in [0.2, 0.25) is 0 Å². The highest BCUT2D eigenvalue weighted by Gasteiger charge is 1.84. The van der Waals surface area contributed by atoms with Gasteiger partial charge in [-0.15, -0.1) is 0 Å². The molecule has 0 aliphatic heterocycles. The average molecular weight is 183 g/mol. The predicted octanol–water partition coefficient (Wildman–Crippen LogP) is 2.93. The van der Waals surface area contributed by atoms with E-state index in [0.717, 1.165) is 11.6 Å². The van der Waals surface area contributed by atoms with Gasteiger partial charge >= 0.3 is 0 Å². The maximum Gasteiger partial charge on any atom is 0.129 e. The molecule has 0 atom stereocenters. The molecule has 3 nitrogen and oxygen atoms in total. The Balaban J connectivity index is 0. The van der Waals surface area contributed by atoms with Crippen LogP contribution in [0.4, 0.5) is 0 Å². The first-order chi connectivity index (χ1) is 6.20. The van der Waals surface area contributed by atoms with E-state index in [1.54, 1.807) is 0 Å². The minimum atomic E-state index is 0.775. The highest BCUT2D eigenvalue weighted by Crippen LogP contribution is 1.83. The van der Waals surface area contributed by atoms with Gasteiger partial charge in [0.25, 0.3) is 0 Å². The zero-order chi connectivity index (χ0) is 10.7. The molecular weight excluding hydrogens is 162 g/mol. The van der Waals surface area contributed by atoms with Crippen molar-refractivity contribution in [1.29, 1.82) is 0 Å². The van der Waals surface area contributed by atoms with Crippen LogP contribution in [0, 0.1) is 13.8 Å². The smallest absolute Gasteiger partial charge is 0.129 e. The monoisotopic (exact) mass is 183 g/mol. The van der Waals surface area contributed by atoms with Crippen LogP contribution in [0.2, 0.25) is 0 Å². The Morgan fingerprint density at radius 3 is 1.46 bits per heavy atom. The van der Waals surface area contributed by atoms with Gasteiger partial charge in [0, 0.05) is 0 Å². The third-order valence-electron chi connectivity index (χ3n) is 0.813. The molecule has 0 aliphatic carbocycles. The van der Waals surface area contributed by atoms with E-state index in [4.69, 9.17) is 0 Å². The van der Waals surface area contributed by atoms with E-state index < -0.39 is 0 Å². The predicted molar refractivity (Wildman–Crippen MR) is 56.6 cm³/mol. The van der Waals surface area contributed by atoms with Gasteiger partial charge in [-0.05, 0) is 13.8 Å². The molecule has 3 heteroatoms. The molecule has 0 fully saturated rings. The van der Waals surface area contributed by atoms with Crippen molar-refractivity contribution in [3.05, 3.63) is 18.0 Å². The average Bonchev–Trinajstić information content (AvgIpc) is 2.08. The lowest BCUT2D eigenvalue weighted by molar-refractivity contribution is 0.920. The van der Waals surface area contributed by atoms with Crippen molar-refractivity contribution in [2.45, 2.75) is 48.0 Å². The summed E-state index contributed by atoms with van der Waals surface area (Å²) < 4.78 is 0. The molecule has 1 aromatic heterocycles. The molecule has 0 saturated carbocycles. The maximum absolute atomic E-state index is 3.95. The molecule has 0 saturated heterocycles. The van der Waals surface area contributed by atoms with Crippen LogP contribution >= 0.6 is 0 Å². The molecule has 13 heavy (non-hydrogen) atoms. The number of rotatable bonds is 0. The van der Waals surface area contributed by atoms with Crippen LogP contribution in [0.15, 0.2) is 6.33 Å². The zero-order valence-corrected chi connectivity index (χ0v) is 9.63. The lowest BCUT2D eigenvalue weighted by Crippen LogP contribution is -1.91. The Hall–Kier alpha value is -0.990. The van der Waals surface area contributed by atoms with E-state index in [0.29, 0.717) is 0 Å². The fourth-order valence-corrected chi connectivity index (χ4v) is 0.488. The van der Waals surface area contributed by atoms with Gasteiger partial charge < -0.3 is 0 Å². The largest absolute Gasteiger partial charge is 0.222 e. The Kier molecular flexibility index (Phi) is 12.3. The van der Waals surface area contributed by atoms with Gasteiger partial charge in [-0.2, -0.15) is 0 Å². The van der Waals surface area contributed by atoms with Gasteiger partial charge in [-0.25, -0.2) is 15.0 Å². The molecular formula is C10H21N3. The maximum atomic E-state index is 3.95. The van der Waals surface area contributed by atoms with E-state index in [-0.39, 0.29) is 0 Å². The zero-order valence-electron chi connectivity index (χ0n) is 9.63. The topological polar surface area (TPSA) is 38.7 Å². The summed E-state index contributed by atoms with van der Waals surface area (Å²) in [6, 6.07) is 0. The van der Waals surface area contributed by atoms with Crippen LogP contribution in [0.25, 0.3) is 0 Å². The van der Waals surface area contributed by atoms with E-state index in [1.807, 2.05) is 27.7 Å². The number of nitrogens with zero attached hydrogens (tertiary/aromatic N) is 3.